The maximum absolute atomic E-state index is 9.21. The lowest BCUT2D eigenvalue weighted by Gasteiger charge is -2.06. The molecule has 3 N–H and O–H groups in total. The molecule has 0 radical (unpaired) electrons. The molecular weight excluding hydrogens is 172 g/mol. The summed E-state index contributed by atoms with van der Waals surface area (Å²) < 4.78 is 0. The van der Waals surface area contributed by atoms with Crippen molar-refractivity contribution in [3.05, 3.63) is 23.8 Å². The third-order valence-corrected chi connectivity index (χ3v) is 1.59. The van der Waals surface area contributed by atoms with Gasteiger partial charge in [0.05, 0.1) is 24.2 Å². The molecule has 0 aliphatic carbocycles. The topological polar surface area (TPSA) is 86.5 Å². The van der Waals surface area contributed by atoms with Gasteiger partial charge in [0.2, 0.25) is 0 Å². The molecule has 1 atom stereocenters. The number of nitrogens with zero attached hydrogens (tertiary/aromatic N) is 2. The van der Waals surface area contributed by atoms with Gasteiger partial charge < -0.3 is 15.3 Å². The minimum Gasteiger partial charge on any atom is -0.396 e. The molecule has 0 saturated heterocycles. The van der Waals surface area contributed by atoms with E-state index in [1.807, 2.05) is 0 Å². The molecule has 1 unspecified atom stereocenters. The van der Waals surface area contributed by atoms with E-state index in [0.717, 1.165) is 0 Å². The molecule has 5 nitrogen and oxygen atoms in total. The molecule has 0 fully saturated rings. The summed E-state index contributed by atoms with van der Waals surface area (Å²) in [6, 6.07) is 0. The zero-order valence-electron chi connectivity index (χ0n) is 7.09. The van der Waals surface area contributed by atoms with E-state index in [2.05, 4.69) is 9.97 Å². The lowest BCUT2D eigenvalue weighted by Crippen LogP contribution is -2.08. The van der Waals surface area contributed by atoms with Crippen molar-refractivity contribution in [2.45, 2.75) is 12.5 Å². The predicted octanol–water partition coefficient (Wildman–Crippen LogP) is -0.963. The fraction of sp³-hybridized carbons (Fsp3) is 0.500. The molecular formula is C8H12N2O3. The van der Waals surface area contributed by atoms with Crippen molar-refractivity contribution in [3.63, 3.8) is 0 Å². The molecule has 0 aromatic carbocycles. The Bertz CT molecular complexity index is 267. The summed E-state index contributed by atoms with van der Waals surface area (Å²) in [5, 5.41) is 26.5. The molecule has 1 aromatic heterocycles. The van der Waals surface area contributed by atoms with Crippen molar-refractivity contribution in [1.29, 1.82) is 0 Å². The van der Waals surface area contributed by atoms with Crippen molar-refractivity contribution in [1.82, 2.24) is 9.97 Å². The average molecular weight is 184 g/mol. The molecule has 0 aliphatic heterocycles. The zero-order valence-corrected chi connectivity index (χ0v) is 7.09. The van der Waals surface area contributed by atoms with Crippen LogP contribution in [0.4, 0.5) is 0 Å². The number of aliphatic hydroxyl groups is 3. The SMILES string of the molecule is OCCc1cncc(C(O)CO)n1. The zero-order chi connectivity index (χ0) is 9.68. The first-order chi connectivity index (χ1) is 6.27. The summed E-state index contributed by atoms with van der Waals surface area (Å²) in [5.74, 6) is 0. The summed E-state index contributed by atoms with van der Waals surface area (Å²) >= 11 is 0. The standard InChI is InChI=1S/C8H12N2O3/c11-2-1-6-3-9-4-7(10-6)8(13)5-12/h3-4,8,11-13H,1-2,5H2. The quantitative estimate of drug-likeness (QED) is 0.561. The van der Waals surface area contributed by atoms with E-state index in [0.29, 0.717) is 17.8 Å². The van der Waals surface area contributed by atoms with Crippen molar-refractivity contribution >= 4 is 0 Å². The largest absolute Gasteiger partial charge is 0.396 e. The Balaban J connectivity index is 2.78. The molecule has 13 heavy (non-hydrogen) atoms. The van der Waals surface area contributed by atoms with Crippen LogP contribution < -0.4 is 0 Å². The van der Waals surface area contributed by atoms with Crippen molar-refractivity contribution in [2.75, 3.05) is 13.2 Å². The predicted molar refractivity (Wildman–Crippen MR) is 44.9 cm³/mol. The van der Waals surface area contributed by atoms with Gasteiger partial charge in [-0.1, -0.05) is 0 Å². The summed E-state index contributed by atoms with van der Waals surface area (Å²) in [7, 11) is 0. The first-order valence-corrected chi connectivity index (χ1v) is 3.98. The normalized spacial score (nSPS) is 12.8. The van der Waals surface area contributed by atoms with Crippen molar-refractivity contribution in [2.24, 2.45) is 0 Å². The maximum atomic E-state index is 9.21. The van der Waals surface area contributed by atoms with Crippen LogP contribution in [0.5, 0.6) is 0 Å². The van der Waals surface area contributed by atoms with Crippen LogP contribution in [-0.2, 0) is 6.42 Å². The second-order valence-electron chi connectivity index (χ2n) is 2.61. The second kappa shape index (κ2) is 4.86. The highest BCUT2D eigenvalue weighted by molar-refractivity contribution is 5.06. The molecule has 5 heteroatoms. The van der Waals surface area contributed by atoms with Crippen LogP contribution in [0, 0.1) is 0 Å². The minimum absolute atomic E-state index is 0.00659. The number of aromatic nitrogens is 2. The fourth-order valence-electron chi connectivity index (χ4n) is 0.912. The van der Waals surface area contributed by atoms with E-state index in [1.54, 1.807) is 0 Å². The van der Waals surface area contributed by atoms with E-state index >= 15 is 0 Å². The molecule has 0 aliphatic rings. The minimum atomic E-state index is -0.994. The van der Waals surface area contributed by atoms with Gasteiger partial charge in [0.15, 0.2) is 0 Å². The summed E-state index contributed by atoms with van der Waals surface area (Å²) in [6.07, 6.45) is 2.32. The molecule has 1 rings (SSSR count). The first kappa shape index (κ1) is 10.0. The third-order valence-electron chi connectivity index (χ3n) is 1.59. The van der Waals surface area contributed by atoms with Crippen LogP contribution in [0.15, 0.2) is 12.4 Å². The molecule has 0 bridgehead atoms. The highest BCUT2D eigenvalue weighted by Gasteiger charge is 2.08. The van der Waals surface area contributed by atoms with E-state index in [1.165, 1.54) is 12.4 Å². The van der Waals surface area contributed by atoms with Crippen molar-refractivity contribution < 1.29 is 15.3 Å². The number of aliphatic hydroxyl groups excluding tert-OH is 3. The average Bonchev–Trinajstić information content (AvgIpc) is 2.18. The van der Waals surface area contributed by atoms with Gasteiger partial charge in [-0.25, -0.2) is 0 Å². The molecule has 0 amide bonds. The van der Waals surface area contributed by atoms with Crippen LogP contribution >= 0.6 is 0 Å². The van der Waals surface area contributed by atoms with E-state index < -0.39 is 6.10 Å². The first-order valence-electron chi connectivity index (χ1n) is 3.98. The van der Waals surface area contributed by atoms with Crippen LogP contribution in [-0.4, -0.2) is 38.5 Å². The Morgan fingerprint density at radius 1 is 1.31 bits per heavy atom. The van der Waals surface area contributed by atoms with E-state index in [9.17, 15) is 5.11 Å². The fourth-order valence-corrected chi connectivity index (χ4v) is 0.912. The van der Waals surface area contributed by atoms with E-state index in [4.69, 9.17) is 10.2 Å². The van der Waals surface area contributed by atoms with Gasteiger partial charge in [-0.3, -0.25) is 9.97 Å². The summed E-state index contributed by atoms with van der Waals surface area (Å²) in [4.78, 5) is 7.83. The van der Waals surface area contributed by atoms with Gasteiger partial charge in [0, 0.05) is 19.2 Å². The Morgan fingerprint density at radius 2 is 2.08 bits per heavy atom. The maximum Gasteiger partial charge on any atom is 0.120 e. The van der Waals surface area contributed by atoms with Crippen LogP contribution in [0.3, 0.4) is 0 Å². The molecule has 1 heterocycles. The smallest absolute Gasteiger partial charge is 0.120 e. The van der Waals surface area contributed by atoms with Gasteiger partial charge in [-0.2, -0.15) is 0 Å². The highest BCUT2D eigenvalue weighted by Crippen LogP contribution is 2.07. The molecule has 0 spiro atoms. The third kappa shape index (κ3) is 2.73. The van der Waals surface area contributed by atoms with Gasteiger partial charge in [0.25, 0.3) is 0 Å². The Kier molecular flexibility index (Phi) is 3.75. The van der Waals surface area contributed by atoms with Crippen LogP contribution in [0.1, 0.15) is 17.5 Å². The van der Waals surface area contributed by atoms with Gasteiger partial charge in [-0.05, 0) is 0 Å². The number of rotatable bonds is 4. The summed E-state index contributed by atoms with van der Waals surface area (Å²) in [6.45, 7) is -0.384. The van der Waals surface area contributed by atoms with Crippen LogP contribution in [0.2, 0.25) is 0 Å². The number of hydrogen-bond donors (Lipinski definition) is 3. The van der Waals surface area contributed by atoms with Gasteiger partial charge in [0.1, 0.15) is 6.10 Å². The Labute approximate surface area is 75.7 Å². The number of hydrogen-bond acceptors (Lipinski definition) is 5. The molecule has 1 aromatic rings. The van der Waals surface area contributed by atoms with E-state index in [-0.39, 0.29) is 13.2 Å². The summed E-state index contributed by atoms with van der Waals surface area (Å²) in [5.41, 5.74) is 0.931. The monoisotopic (exact) mass is 184 g/mol. The highest BCUT2D eigenvalue weighted by atomic mass is 16.3. The lowest BCUT2D eigenvalue weighted by molar-refractivity contribution is 0.0917. The molecule has 0 saturated carbocycles. The Morgan fingerprint density at radius 3 is 2.69 bits per heavy atom. The van der Waals surface area contributed by atoms with Crippen molar-refractivity contribution in [3.8, 4) is 0 Å². The van der Waals surface area contributed by atoms with Gasteiger partial charge >= 0.3 is 0 Å². The van der Waals surface area contributed by atoms with Crippen LogP contribution in [0.25, 0.3) is 0 Å². The van der Waals surface area contributed by atoms with Gasteiger partial charge in [-0.15, -0.1) is 0 Å². The Hall–Kier alpha value is -1.04. The molecule has 72 valence electrons. The lowest BCUT2D eigenvalue weighted by atomic mass is 10.2. The second-order valence-corrected chi connectivity index (χ2v) is 2.61.